The zero-order valence-electron chi connectivity index (χ0n) is 9.90. The summed E-state index contributed by atoms with van der Waals surface area (Å²) in [5, 5.41) is 0.312. The molecule has 98 valence electrons. The van der Waals surface area contributed by atoms with Gasteiger partial charge < -0.3 is 4.90 Å². The maximum absolute atomic E-state index is 13.6. The van der Waals surface area contributed by atoms with E-state index in [2.05, 4.69) is 4.98 Å². The van der Waals surface area contributed by atoms with Gasteiger partial charge in [-0.3, -0.25) is 4.79 Å². The van der Waals surface area contributed by atoms with Crippen molar-refractivity contribution in [2.75, 3.05) is 11.9 Å². The van der Waals surface area contributed by atoms with Gasteiger partial charge in [-0.05, 0) is 24.3 Å². The number of hydrogen-bond donors (Lipinski definition) is 0. The molecule has 3 nitrogen and oxygen atoms in total. The first-order chi connectivity index (χ1) is 9.00. The highest BCUT2D eigenvalue weighted by Gasteiger charge is 2.20. The highest BCUT2D eigenvalue weighted by atomic mass is 35.5. The number of carbonyl (C=O) groups excluding carboxylic acids is 1. The molecule has 6 heteroatoms. The van der Waals surface area contributed by atoms with Crippen molar-refractivity contribution in [2.24, 2.45) is 0 Å². The quantitative estimate of drug-likeness (QED) is 0.790. The van der Waals surface area contributed by atoms with E-state index in [0.29, 0.717) is 0 Å². The molecule has 2 aromatic rings. The number of rotatable bonds is 2. The Morgan fingerprint density at radius 2 is 1.89 bits per heavy atom. The molecule has 0 saturated carbocycles. The number of para-hydroxylation sites is 1. The van der Waals surface area contributed by atoms with E-state index >= 15 is 0 Å². The molecule has 0 aliphatic rings. The SMILES string of the molecule is CN(C(=O)c1nc(Cl)ccc1Cl)c1ccccc1F. The molecule has 1 aromatic carbocycles. The van der Waals surface area contributed by atoms with E-state index in [-0.39, 0.29) is 21.6 Å². The van der Waals surface area contributed by atoms with E-state index in [1.54, 1.807) is 12.1 Å². The van der Waals surface area contributed by atoms with E-state index in [1.165, 1.54) is 31.3 Å². The van der Waals surface area contributed by atoms with Gasteiger partial charge in [-0.1, -0.05) is 35.3 Å². The van der Waals surface area contributed by atoms with Crippen LogP contribution in [0.25, 0.3) is 0 Å². The number of carbonyl (C=O) groups is 1. The van der Waals surface area contributed by atoms with Crippen molar-refractivity contribution in [2.45, 2.75) is 0 Å². The van der Waals surface area contributed by atoms with Crippen molar-refractivity contribution in [1.82, 2.24) is 4.98 Å². The molecular formula is C13H9Cl2FN2O. The molecule has 0 bridgehead atoms. The van der Waals surface area contributed by atoms with Crippen molar-refractivity contribution >= 4 is 34.8 Å². The van der Waals surface area contributed by atoms with Gasteiger partial charge in [-0.2, -0.15) is 0 Å². The number of anilines is 1. The molecule has 0 spiro atoms. The average Bonchev–Trinajstić information content (AvgIpc) is 2.40. The van der Waals surface area contributed by atoms with Gasteiger partial charge in [0.05, 0.1) is 10.7 Å². The second-order valence-electron chi connectivity index (χ2n) is 3.78. The van der Waals surface area contributed by atoms with Crippen LogP contribution in [-0.2, 0) is 0 Å². The molecule has 0 unspecified atom stereocenters. The van der Waals surface area contributed by atoms with Crippen LogP contribution >= 0.6 is 23.2 Å². The van der Waals surface area contributed by atoms with Gasteiger partial charge in [0.15, 0.2) is 0 Å². The molecule has 19 heavy (non-hydrogen) atoms. The molecule has 1 amide bonds. The third kappa shape index (κ3) is 2.85. The van der Waals surface area contributed by atoms with Gasteiger partial charge in [-0.25, -0.2) is 9.37 Å². The Kier molecular flexibility index (Phi) is 4.02. The Labute approximate surface area is 119 Å². The topological polar surface area (TPSA) is 33.2 Å². The first kappa shape index (κ1) is 13.8. The molecule has 0 saturated heterocycles. The van der Waals surface area contributed by atoms with E-state index < -0.39 is 11.7 Å². The first-order valence-corrected chi connectivity index (χ1v) is 6.11. The van der Waals surface area contributed by atoms with Gasteiger partial charge >= 0.3 is 0 Å². The van der Waals surface area contributed by atoms with Crippen molar-refractivity contribution in [3.8, 4) is 0 Å². The summed E-state index contributed by atoms with van der Waals surface area (Å²) in [5.74, 6) is -1.03. The van der Waals surface area contributed by atoms with Crippen LogP contribution in [0.3, 0.4) is 0 Å². The molecule has 1 heterocycles. The highest BCUT2D eigenvalue weighted by Crippen LogP contribution is 2.23. The summed E-state index contributed by atoms with van der Waals surface area (Å²) in [5.41, 5.74) is 0.130. The maximum atomic E-state index is 13.6. The third-order valence-corrected chi connectivity index (χ3v) is 3.05. The Hall–Kier alpha value is -1.65. The molecule has 0 aliphatic heterocycles. The minimum Gasteiger partial charge on any atom is -0.307 e. The second kappa shape index (κ2) is 5.55. The summed E-state index contributed by atoms with van der Waals surface area (Å²) in [7, 11) is 1.44. The number of hydrogen-bond acceptors (Lipinski definition) is 2. The highest BCUT2D eigenvalue weighted by molar-refractivity contribution is 6.35. The molecule has 0 atom stereocenters. The number of pyridine rings is 1. The van der Waals surface area contributed by atoms with Crippen LogP contribution in [0.15, 0.2) is 36.4 Å². The van der Waals surface area contributed by atoms with Gasteiger partial charge in [0, 0.05) is 7.05 Å². The van der Waals surface area contributed by atoms with Gasteiger partial charge in [-0.15, -0.1) is 0 Å². The average molecular weight is 299 g/mol. The summed E-state index contributed by atoms with van der Waals surface area (Å²) >= 11 is 11.6. The van der Waals surface area contributed by atoms with Crippen molar-refractivity contribution in [3.63, 3.8) is 0 Å². The van der Waals surface area contributed by atoms with Crippen LogP contribution in [-0.4, -0.2) is 17.9 Å². The Morgan fingerprint density at radius 3 is 2.58 bits per heavy atom. The van der Waals surface area contributed by atoms with Crippen LogP contribution in [0.5, 0.6) is 0 Å². The lowest BCUT2D eigenvalue weighted by atomic mass is 10.2. The standard InChI is InChI=1S/C13H9Cl2FN2O/c1-18(10-5-3-2-4-9(10)16)13(19)12-8(14)6-7-11(15)17-12/h2-7H,1H3. The predicted octanol–water partition coefficient (Wildman–Crippen LogP) is 3.80. The summed E-state index contributed by atoms with van der Waals surface area (Å²) < 4.78 is 13.6. The van der Waals surface area contributed by atoms with Gasteiger partial charge in [0.1, 0.15) is 16.7 Å². The number of amides is 1. The Bertz CT molecular complexity index is 634. The molecule has 2 rings (SSSR count). The summed E-state index contributed by atoms with van der Waals surface area (Å²) in [6.07, 6.45) is 0. The summed E-state index contributed by atoms with van der Waals surface area (Å²) in [6.45, 7) is 0. The molecule has 0 N–H and O–H groups in total. The molecule has 0 aliphatic carbocycles. The fourth-order valence-corrected chi connectivity index (χ4v) is 1.89. The largest absolute Gasteiger partial charge is 0.307 e. The van der Waals surface area contributed by atoms with E-state index in [0.717, 1.165) is 4.90 Å². The lowest BCUT2D eigenvalue weighted by Gasteiger charge is -2.18. The zero-order valence-corrected chi connectivity index (χ0v) is 11.4. The zero-order chi connectivity index (χ0) is 14.0. The van der Waals surface area contributed by atoms with Gasteiger partial charge in [0.2, 0.25) is 0 Å². The molecule has 0 radical (unpaired) electrons. The minimum atomic E-state index is -0.530. The Balaban J connectivity index is 2.39. The third-order valence-electron chi connectivity index (χ3n) is 2.53. The fourth-order valence-electron chi connectivity index (χ4n) is 1.56. The van der Waals surface area contributed by atoms with Crippen molar-refractivity contribution in [1.29, 1.82) is 0 Å². The normalized spacial score (nSPS) is 10.3. The van der Waals surface area contributed by atoms with E-state index in [9.17, 15) is 9.18 Å². The number of benzene rings is 1. The smallest absolute Gasteiger partial charge is 0.278 e. The van der Waals surface area contributed by atoms with Crippen LogP contribution in [0.1, 0.15) is 10.5 Å². The molecule has 1 aromatic heterocycles. The first-order valence-electron chi connectivity index (χ1n) is 5.35. The van der Waals surface area contributed by atoms with Gasteiger partial charge in [0.25, 0.3) is 5.91 Å². The van der Waals surface area contributed by atoms with Crippen molar-refractivity contribution in [3.05, 3.63) is 58.1 Å². The minimum absolute atomic E-state index is 0.0140. The molecule has 0 fully saturated rings. The fraction of sp³-hybridized carbons (Fsp3) is 0.0769. The maximum Gasteiger partial charge on any atom is 0.278 e. The van der Waals surface area contributed by atoms with E-state index in [1.807, 2.05) is 0 Å². The van der Waals surface area contributed by atoms with Crippen LogP contribution in [0.4, 0.5) is 10.1 Å². The van der Waals surface area contributed by atoms with Crippen LogP contribution in [0, 0.1) is 5.82 Å². The van der Waals surface area contributed by atoms with Crippen LogP contribution < -0.4 is 4.90 Å². The second-order valence-corrected chi connectivity index (χ2v) is 4.57. The lowest BCUT2D eigenvalue weighted by molar-refractivity contribution is 0.0987. The number of aromatic nitrogens is 1. The summed E-state index contributed by atoms with van der Waals surface area (Å²) in [6, 6.07) is 8.89. The Morgan fingerprint density at radius 1 is 1.21 bits per heavy atom. The van der Waals surface area contributed by atoms with Crippen LogP contribution in [0.2, 0.25) is 10.2 Å². The number of nitrogens with zero attached hydrogens (tertiary/aromatic N) is 2. The van der Waals surface area contributed by atoms with Crippen molar-refractivity contribution < 1.29 is 9.18 Å². The summed E-state index contributed by atoms with van der Waals surface area (Å²) in [4.78, 5) is 17.2. The van der Waals surface area contributed by atoms with E-state index in [4.69, 9.17) is 23.2 Å². The lowest BCUT2D eigenvalue weighted by Crippen LogP contribution is -2.28. The number of halogens is 3. The monoisotopic (exact) mass is 298 g/mol. The molecular weight excluding hydrogens is 290 g/mol. The predicted molar refractivity (Wildman–Crippen MR) is 73.4 cm³/mol.